The third kappa shape index (κ3) is 2.56. The van der Waals surface area contributed by atoms with Crippen LogP contribution in [-0.2, 0) is 11.2 Å². The summed E-state index contributed by atoms with van der Waals surface area (Å²) in [7, 11) is 0. The van der Waals surface area contributed by atoms with Crippen LogP contribution in [-0.4, -0.2) is 11.1 Å². The molecule has 0 aliphatic heterocycles. The smallest absolute Gasteiger partial charge is 0.311 e. The molecule has 1 atom stereocenters. The van der Waals surface area contributed by atoms with Gasteiger partial charge in [-0.2, -0.15) is 0 Å². The van der Waals surface area contributed by atoms with Crippen LogP contribution in [0.1, 0.15) is 22.8 Å². The van der Waals surface area contributed by atoms with Crippen molar-refractivity contribution in [2.24, 2.45) is 0 Å². The van der Waals surface area contributed by atoms with E-state index in [0.29, 0.717) is 12.2 Å². The van der Waals surface area contributed by atoms with Gasteiger partial charge in [0.15, 0.2) is 0 Å². The predicted octanol–water partition coefficient (Wildman–Crippen LogP) is 3.00. The van der Waals surface area contributed by atoms with E-state index in [1.54, 1.807) is 18.4 Å². The molecule has 1 aromatic carbocycles. The molecule has 2 rings (SSSR count). The van der Waals surface area contributed by atoms with E-state index in [0.717, 1.165) is 11.1 Å². The first-order chi connectivity index (χ1) is 8.18. The van der Waals surface area contributed by atoms with Gasteiger partial charge in [-0.3, -0.25) is 4.79 Å². The summed E-state index contributed by atoms with van der Waals surface area (Å²) in [5.74, 6) is -0.682. The molecule has 1 N–H and O–H groups in total. The van der Waals surface area contributed by atoms with E-state index in [1.807, 2.05) is 31.2 Å². The van der Waals surface area contributed by atoms with Crippen LogP contribution in [0.25, 0.3) is 0 Å². The van der Waals surface area contributed by atoms with Gasteiger partial charge in [0.1, 0.15) is 5.76 Å². The van der Waals surface area contributed by atoms with Gasteiger partial charge in [0.25, 0.3) is 0 Å². The molecule has 0 saturated carbocycles. The second-order valence-corrected chi connectivity index (χ2v) is 4.03. The first-order valence-electron chi connectivity index (χ1n) is 5.49. The highest BCUT2D eigenvalue weighted by atomic mass is 16.4. The zero-order chi connectivity index (χ0) is 12.3. The van der Waals surface area contributed by atoms with Crippen molar-refractivity contribution < 1.29 is 14.3 Å². The topological polar surface area (TPSA) is 50.4 Å². The number of aliphatic carboxylic acids is 1. The Labute approximate surface area is 99.7 Å². The SMILES string of the molecule is Cc1ccccc1C(Cc1ccco1)C(=O)O. The van der Waals surface area contributed by atoms with Crippen LogP contribution in [0.2, 0.25) is 0 Å². The summed E-state index contributed by atoms with van der Waals surface area (Å²) < 4.78 is 5.21. The number of furan rings is 1. The average Bonchev–Trinajstić information content (AvgIpc) is 2.79. The lowest BCUT2D eigenvalue weighted by Crippen LogP contribution is -2.15. The summed E-state index contributed by atoms with van der Waals surface area (Å²) >= 11 is 0. The van der Waals surface area contributed by atoms with Crippen molar-refractivity contribution in [1.29, 1.82) is 0 Å². The molecule has 0 fully saturated rings. The van der Waals surface area contributed by atoms with E-state index in [9.17, 15) is 9.90 Å². The maximum Gasteiger partial charge on any atom is 0.311 e. The third-order valence-electron chi connectivity index (χ3n) is 2.85. The Hall–Kier alpha value is -2.03. The van der Waals surface area contributed by atoms with Gasteiger partial charge in [0.05, 0.1) is 12.2 Å². The highest BCUT2D eigenvalue weighted by Crippen LogP contribution is 2.24. The zero-order valence-electron chi connectivity index (χ0n) is 9.59. The molecule has 3 nitrogen and oxygen atoms in total. The number of carboxylic acid groups (broad SMARTS) is 1. The highest BCUT2D eigenvalue weighted by Gasteiger charge is 2.22. The average molecular weight is 230 g/mol. The van der Waals surface area contributed by atoms with Crippen LogP contribution in [0, 0.1) is 6.92 Å². The van der Waals surface area contributed by atoms with Gasteiger partial charge in [-0.25, -0.2) is 0 Å². The monoisotopic (exact) mass is 230 g/mol. The lowest BCUT2D eigenvalue weighted by atomic mass is 9.91. The summed E-state index contributed by atoms with van der Waals surface area (Å²) in [6, 6.07) is 11.1. The van der Waals surface area contributed by atoms with Crippen molar-refractivity contribution in [3.8, 4) is 0 Å². The fourth-order valence-electron chi connectivity index (χ4n) is 1.94. The zero-order valence-corrected chi connectivity index (χ0v) is 9.59. The van der Waals surface area contributed by atoms with E-state index in [4.69, 9.17) is 4.42 Å². The van der Waals surface area contributed by atoms with Crippen molar-refractivity contribution in [3.05, 3.63) is 59.5 Å². The van der Waals surface area contributed by atoms with Crippen LogP contribution in [0.3, 0.4) is 0 Å². The van der Waals surface area contributed by atoms with Crippen LogP contribution < -0.4 is 0 Å². The Kier molecular flexibility index (Phi) is 3.28. The van der Waals surface area contributed by atoms with E-state index in [2.05, 4.69) is 0 Å². The lowest BCUT2D eigenvalue weighted by Gasteiger charge is -2.13. The number of aryl methyl sites for hydroxylation is 1. The normalized spacial score (nSPS) is 12.3. The molecule has 0 aliphatic rings. The fourth-order valence-corrected chi connectivity index (χ4v) is 1.94. The molecule has 0 aliphatic carbocycles. The molecule has 0 amide bonds. The van der Waals surface area contributed by atoms with E-state index >= 15 is 0 Å². The number of carboxylic acids is 1. The molecule has 0 saturated heterocycles. The van der Waals surface area contributed by atoms with Gasteiger partial charge in [-0.15, -0.1) is 0 Å². The largest absolute Gasteiger partial charge is 0.481 e. The number of hydrogen-bond donors (Lipinski definition) is 1. The quantitative estimate of drug-likeness (QED) is 0.878. The summed E-state index contributed by atoms with van der Waals surface area (Å²) in [6.45, 7) is 1.92. The molecule has 1 heterocycles. The number of hydrogen-bond acceptors (Lipinski definition) is 2. The first kappa shape index (κ1) is 11.5. The molecule has 0 bridgehead atoms. The van der Waals surface area contributed by atoms with Gasteiger partial charge in [0, 0.05) is 6.42 Å². The van der Waals surface area contributed by atoms with Crippen molar-refractivity contribution in [2.75, 3.05) is 0 Å². The van der Waals surface area contributed by atoms with Gasteiger partial charge < -0.3 is 9.52 Å². The summed E-state index contributed by atoms with van der Waals surface area (Å²) in [6.07, 6.45) is 1.94. The highest BCUT2D eigenvalue weighted by molar-refractivity contribution is 5.77. The standard InChI is InChI=1S/C14H14O3/c1-10-5-2-3-7-12(10)13(14(15)16)9-11-6-4-8-17-11/h2-8,13H,9H2,1H3,(H,15,16). The molecule has 1 aromatic heterocycles. The fraction of sp³-hybridized carbons (Fsp3) is 0.214. The summed E-state index contributed by atoms with van der Waals surface area (Å²) in [5, 5.41) is 9.31. The Balaban J connectivity index is 2.30. The number of benzene rings is 1. The minimum Gasteiger partial charge on any atom is -0.481 e. The van der Waals surface area contributed by atoms with Crippen LogP contribution >= 0.6 is 0 Å². The second-order valence-electron chi connectivity index (χ2n) is 4.03. The van der Waals surface area contributed by atoms with Crippen LogP contribution in [0.15, 0.2) is 47.1 Å². The summed E-state index contributed by atoms with van der Waals surface area (Å²) in [4.78, 5) is 11.3. The van der Waals surface area contributed by atoms with Gasteiger partial charge in [-0.1, -0.05) is 24.3 Å². The Bertz CT molecular complexity index is 500. The molecule has 0 radical (unpaired) electrons. The minimum atomic E-state index is -0.823. The Morgan fingerprint density at radius 1 is 1.29 bits per heavy atom. The molecule has 88 valence electrons. The van der Waals surface area contributed by atoms with Crippen molar-refractivity contribution >= 4 is 5.97 Å². The Morgan fingerprint density at radius 3 is 2.65 bits per heavy atom. The third-order valence-corrected chi connectivity index (χ3v) is 2.85. The van der Waals surface area contributed by atoms with E-state index < -0.39 is 11.9 Å². The molecule has 2 aromatic rings. The molecule has 1 unspecified atom stereocenters. The van der Waals surface area contributed by atoms with Crippen molar-refractivity contribution in [3.63, 3.8) is 0 Å². The van der Waals surface area contributed by atoms with E-state index in [-0.39, 0.29) is 0 Å². The van der Waals surface area contributed by atoms with Gasteiger partial charge in [-0.05, 0) is 30.2 Å². The van der Waals surface area contributed by atoms with Gasteiger partial charge in [0.2, 0.25) is 0 Å². The van der Waals surface area contributed by atoms with Crippen molar-refractivity contribution in [1.82, 2.24) is 0 Å². The molecular weight excluding hydrogens is 216 g/mol. The molecular formula is C14H14O3. The number of rotatable bonds is 4. The van der Waals surface area contributed by atoms with Crippen LogP contribution in [0.4, 0.5) is 0 Å². The Morgan fingerprint density at radius 2 is 2.06 bits per heavy atom. The van der Waals surface area contributed by atoms with Crippen molar-refractivity contribution in [2.45, 2.75) is 19.3 Å². The maximum atomic E-state index is 11.3. The summed E-state index contributed by atoms with van der Waals surface area (Å²) in [5.41, 5.74) is 1.84. The second kappa shape index (κ2) is 4.87. The molecule has 0 spiro atoms. The maximum absolute atomic E-state index is 11.3. The molecule has 3 heteroatoms. The van der Waals surface area contributed by atoms with Gasteiger partial charge >= 0.3 is 5.97 Å². The van der Waals surface area contributed by atoms with Crippen LogP contribution in [0.5, 0.6) is 0 Å². The van der Waals surface area contributed by atoms with E-state index in [1.165, 1.54) is 0 Å². The minimum absolute atomic E-state index is 0.382. The predicted molar refractivity (Wildman–Crippen MR) is 64.0 cm³/mol. The lowest BCUT2D eigenvalue weighted by molar-refractivity contribution is -0.138. The molecule has 17 heavy (non-hydrogen) atoms. The first-order valence-corrected chi connectivity index (χ1v) is 5.49. The number of carbonyl (C=O) groups is 1.